The SMILES string of the molecule is Fc1cc(-c2ccccn2)cc(C(F)(F)F)c1. The first-order valence-corrected chi connectivity index (χ1v) is 4.76. The van der Waals surface area contributed by atoms with Gasteiger partial charge in [-0.3, -0.25) is 4.98 Å². The van der Waals surface area contributed by atoms with Gasteiger partial charge in [-0.2, -0.15) is 13.2 Å². The molecule has 5 heteroatoms. The Labute approximate surface area is 94.7 Å². The predicted molar refractivity (Wildman–Crippen MR) is 54.6 cm³/mol. The maximum atomic E-state index is 13.1. The summed E-state index contributed by atoms with van der Waals surface area (Å²) in [6, 6.07) is 7.15. The van der Waals surface area contributed by atoms with Crippen LogP contribution in [0.5, 0.6) is 0 Å². The van der Waals surface area contributed by atoms with Crippen molar-refractivity contribution in [2.75, 3.05) is 0 Å². The number of rotatable bonds is 1. The zero-order valence-corrected chi connectivity index (χ0v) is 8.50. The van der Waals surface area contributed by atoms with Crippen LogP contribution in [0.1, 0.15) is 5.56 Å². The van der Waals surface area contributed by atoms with E-state index in [2.05, 4.69) is 4.98 Å². The fraction of sp³-hybridized carbons (Fsp3) is 0.0833. The molecule has 0 bridgehead atoms. The highest BCUT2D eigenvalue weighted by Crippen LogP contribution is 2.32. The number of nitrogens with zero attached hydrogens (tertiary/aromatic N) is 1. The summed E-state index contributed by atoms with van der Waals surface area (Å²) in [6.45, 7) is 0. The van der Waals surface area contributed by atoms with Crippen LogP contribution in [0.3, 0.4) is 0 Å². The Morgan fingerprint density at radius 1 is 1.00 bits per heavy atom. The van der Waals surface area contributed by atoms with Gasteiger partial charge in [0, 0.05) is 11.8 Å². The second-order valence-corrected chi connectivity index (χ2v) is 3.44. The van der Waals surface area contributed by atoms with Crippen LogP contribution >= 0.6 is 0 Å². The highest BCUT2D eigenvalue weighted by atomic mass is 19.4. The molecule has 0 spiro atoms. The third kappa shape index (κ3) is 2.61. The Balaban J connectivity index is 2.54. The summed E-state index contributed by atoms with van der Waals surface area (Å²) in [5.74, 6) is -0.930. The molecule has 0 saturated carbocycles. The van der Waals surface area contributed by atoms with E-state index in [1.807, 2.05) is 0 Å². The molecule has 2 aromatic rings. The molecule has 0 unspecified atom stereocenters. The number of pyridine rings is 1. The van der Waals surface area contributed by atoms with Gasteiger partial charge in [-0.15, -0.1) is 0 Å². The van der Waals surface area contributed by atoms with Gasteiger partial charge in [0.15, 0.2) is 0 Å². The quantitative estimate of drug-likeness (QED) is 0.690. The van der Waals surface area contributed by atoms with E-state index >= 15 is 0 Å². The Bertz CT molecular complexity index is 520. The summed E-state index contributed by atoms with van der Waals surface area (Å²) in [6.07, 6.45) is -3.13. The Kier molecular flexibility index (Phi) is 2.83. The summed E-state index contributed by atoms with van der Waals surface area (Å²) in [7, 11) is 0. The van der Waals surface area contributed by atoms with Gasteiger partial charge < -0.3 is 0 Å². The number of alkyl halides is 3. The first-order chi connectivity index (χ1) is 7.97. The summed E-state index contributed by atoms with van der Waals surface area (Å²) in [5, 5.41) is 0. The van der Waals surface area contributed by atoms with E-state index in [1.165, 1.54) is 12.3 Å². The molecule has 1 aromatic heterocycles. The molecular weight excluding hydrogens is 234 g/mol. The third-order valence-electron chi connectivity index (χ3n) is 2.19. The van der Waals surface area contributed by atoms with Crippen molar-refractivity contribution in [1.82, 2.24) is 4.98 Å². The number of hydrogen-bond acceptors (Lipinski definition) is 1. The number of halogens is 4. The van der Waals surface area contributed by atoms with Gasteiger partial charge in [0.1, 0.15) is 5.82 Å². The average Bonchev–Trinajstić information content (AvgIpc) is 2.28. The van der Waals surface area contributed by atoms with E-state index in [4.69, 9.17) is 0 Å². The molecule has 0 amide bonds. The van der Waals surface area contributed by atoms with Crippen LogP contribution in [0.4, 0.5) is 17.6 Å². The second kappa shape index (κ2) is 4.16. The van der Waals surface area contributed by atoms with Crippen molar-refractivity contribution in [3.8, 4) is 11.3 Å². The Morgan fingerprint density at radius 2 is 1.76 bits per heavy atom. The van der Waals surface area contributed by atoms with Crippen LogP contribution in [-0.2, 0) is 6.18 Å². The molecule has 1 nitrogen and oxygen atoms in total. The molecule has 0 aliphatic heterocycles. The largest absolute Gasteiger partial charge is 0.416 e. The third-order valence-corrected chi connectivity index (χ3v) is 2.19. The molecule has 0 radical (unpaired) electrons. The fourth-order valence-corrected chi connectivity index (χ4v) is 1.43. The van der Waals surface area contributed by atoms with Gasteiger partial charge in [-0.05, 0) is 30.3 Å². The molecule has 0 aliphatic rings. The summed E-state index contributed by atoms with van der Waals surface area (Å²) in [4.78, 5) is 3.88. The number of hydrogen-bond donors (Lipinski definition) is 0. The second-order valence-electron chi connectivity index (χ2n) is 3.44. The first-order valence-electron chi connectivity index (χ1n) is 4.76. The van der Waals surface area contributed by atoms with E-state index in [0.717, 1.165) is 12.1 Å². The smallest absolute Gasteiger partial charge is 0.256 e. The zero-order chi connectivity index (χ0) is 12.5. The van der Waals surface area contributed by atoms with Crippen LogP contribution in [0.25, 0.3) is 11.3 Å². The van der Waals surface area contributed by atoms with Gasteiger partial charge in [0.2, 0.25) is 0 Å². The maximum absolute atomic E-state index is 13.1. The van der Waals surface area contributed by atoms with E-state index < -0.39 is 17.6 Å². The Hall–Kier alpha value is -1.91. The molecule has 88 valence electrons. The maximum Gasteiger partial charge on any atom is 0.416 e. The fourth-order valence-electron chi connectivity index (χ4n) is 1.43. The topological polar surface area (TPSA) is 12.9 Å². The van der Waals surface area contributed by atoms with Crippen molar-refractivity contribution in [2.24, 2.45) is 0 Å². The van der Waals surface area contributed by atoms with Crippen molar-refractivity contribution in [3.63, 3.8) is 0 Å². The van der Waals surface area contributed by atoms with Crippen LogP contribution in [0.2, 0.25) is 0 Å². The van der Waals surface area contributed by atoms with E-state index in [0.29, 0.717) is 11.8 Å². The van der Waals surface area contributed by atoms with Crippen LogP contribution < -0.4 is 0 Å². The van der Waals surface area contributed by atoms with Gasteiger partial charge in [-0.25, -0.2) is 4.39 Å². The summed E-state index contributed by atoms with van der Waals surface area (Å²) >= 11 is 0. The normalized spacial score (nSPS) is 11.5. The molecule has 0 N–H and O–H groups in total. The molecular formula is C12H7F4N. The molecule has 0 atom stereocenters. The molecule has 0 saturated heterocycles. The van der Waals surface area contributed by atoms with Crippen LogP contribution in [0, 0.1) is 5.82 Å². The van der Waals surface area contributed by atoms with E-state index in [-0.39, 0.29) is 5.56 Å². The zero-order valence-electron chi connectivity index (χ0n) is 8.50. The molecule has 2 rings (SSSR count). The van der Waals surface area contributed by atoms with Crippen molar-refractivity contribution >= 4 is 0 Å². The lowest BCUT2D eigenvalue weighted by Gasteiger charge is -2.09. The summed E-state index contributed by atoms with van der Waals surface area (Å²) in [5.41, 5.74) is -0.603. The molecule has 1 heterocycles. The lowest BCUT2D eigenvalue weighted by molar-refractivity contribution is -0.137. The molecule has 0 fully saturated rings. The molecule has 0 aliphatic carbocycles. The highest BCUT2D eigenvalue weighted by Gasteiger charge is 2.31. The first kappa shape index (κ1) is 11.6. The van der Waals surface area contributed by atoms with Crippen molar-refractivity contribution in [2.45, 2.75) is 6.18 Å². The van der Waals surface area contributed by atoms with Crippen molar-refractivity contribution in [1.29, 1.82) is 0 Å². The van der Waals surface area contributed by atoms with Crippen LogP contribution in [0.15, 0.2) is 42.6 Å². The summed E-state index contributed by atoms with van der Waals surface area (Å²) < 4.78 is 50.5. The standard InChI is InChI=1S/C12H7F4N/c13-10-6-8(11-3-1-2-4-17-11)5-9(7-10)12(14,15)16/h1-7H. The lowest BCUT2D eigenvalue weighted by Crippen LogP contribution is -2.05. The van der Waals surface area contributed by atoms with Crippen molar-refractivity contribution < 1.29 is 17.6 Å². The molecule has 17 heavy (non-hydrogen) atoms. The Morgan fingerprint density at radius 3 is 2.35 bits per heavy atom. The number of benzene rings is 1. The highest BCUT2D eigenvalue weighted by molar-refractivity contribution is 5.60. The molecule has 1 aromatic carbocycles. The average molecular weight is 241 g/mol. The minimum Gasteiger partial charge on any atom is -0.256 e. The predicted octanol–water partition coefficient (Wildman–Crippen LogP) is 3.91. The van der Waals surface area contributed by atoms with E-state index in [9.17, 15) is 17.6 Å². The van der Waals surface area contributed by atoms with E-state index in [1.54, 1.807) is 12.1 Å². The number of aromatic nitrogens is 1. The monoisotopic (exact) mass is 241 g/mol. The minimum absolute atomic E-state index is 0.109. The minimum atomic E-state index is -4.56. The van der Waals surface area contributed by atoms with Crippen LogP contribution in [-0.4, -0.2) is 4.98 Å². The van der Waals surface area contributed by atoms with Gasteiger partial charge >= 0.3 is 6.18 Å². The van der Waals surface area contributed by atoms with Gasteiger partial charge in [-0.1, -0.05) is 6.07 Å². The van der Waals surface area contributed by atoms with Crippen molar-refractivity contribution in [3.05, 3.63) is 54.0 Å². The lowest BCUT2D eigenvalue weighted by atomic mass is 10.1. The van der Waals surface area contributed by atoms with Gasteiger partial charge in [0.05, 0.1) is 11.3 Å². The van der Waals surface area contributed by atoms with Gasteiger partial charge in [0.25, 0.3) is 0 Å².